The highest BCUT2D eigenvalue weighted by Gasteiger charge is 2.39. The van der Waals surface area contributed by atoms with Gasteiger partial charge in [-0.25, -0.2) is 0 Å². The van der Waals surface area contributed by atoms with E-state index < -0.39 is 0 Å². The molecule has 5 heteroatoms. The number of nitrogens with zero attached hydrogens (tertiary/aromatic N) is 1. The fourth-order valence-corrected chi connectivity index (χ4v) is 2.63. The number of amides is 1. The van der Waals surface area contributed by atoms with E-state index in [4.69, 9.17) is 17.3 Å². The van der Waals surface area contributed by atoms with Crippen LogP contribution in [0, 0.1) is 0 Å². The lowest BCUT2D eigenvalue weighted by Crippen LogP contribution is -2.57. The van der Waals surface area contributed by atoms with E-state index >= 15 is 0 Å². The van der Waals surface area contributed by atoms with E-state index in [1.165, 1.54) is 6.42 Å². The molecule has 1 aromatic carbocycles. The van der Waals surface area contributed by atoms with Crippen molar-refractivity contribution in [2.45, 2.75) is 24.8 Å². The molecule has 19 heavy (non-hydrogen) atoms. The molecule has 1 aromatic rings. The van der Waals surface area contributed by atoms with Crippen LogP contribution in [-0.2, 0) is 0 Å². The zero-order valence-corrected chi connectivity index (χ0v) is 12.1. The van der Waals surface area contributed by atoms with E-state index in [9.17, 15) is 4.79 Å². The van der Waals surface area contributed by atoms with Crippen molar-refractivity contribution >= 4 is 23.2 Å². The molecule has 1 fully saturated rings. The lowest BCUT2D eigenvalue weighted by atomic mass is 9.75. The van der Waals surface area contributed by atoms with Gasteiger partial charge in [-0.3, -0.25) is 4.79 Å². The van der Waals surface area contributed by atoms with Crippen molar-refractivity contribution in [2.24, 2.45) is 0 Å². The van der Waals surface area contributed by atoms with Crippen LogP contribution < -0.4 is 11.1 Å². The van der Waals surface area contributed by atoms with Crippen LogP contribution in [0.3, 0.4) is 0 Å². The first-order chi connectivity index (χ1) is 8.94. The minimum Gasteiger partial charge on any atom is -0.398 e. The molecule has 2 rings (SSSR count). The number of halogens is 1. The van der Waals surface area contributed by atoms with Crippen molar-refractivity contribution in [3.8, 4) is 0 Å². The third-order valence-electron chi connectivity index (χ3n) is 4.07. The molecular formula is C14H20ClN3O. The largest absolute Gasteiger partial charge is 0.398 e. The second-order valence-electron chi connectivity index (χ2n) is 5.39. The highest BCUT2D eigenvalue weighted by atomic mass is 35.5. The van der Waals surface area contributed by atoms with Gasteiger partial charge in [0.2, 0.25) is 0 Å². The summed E-state index contributed by atoms with van der Waals surface area (Å²) in [7, 11) is 4.12. The summed E-state index contributed by atoms with van der Waals surface area (Å²) in [6.45, 7) is 0.654. The number of nitrogens with one attached hydrogen (secondary N) is 1. The zero-order valence-electron chi connectivity index (χ0n) is 11.4. The van der Waals surface area contributed by atoms with Gasteiger partial charge in [-0.2, -0.15) is 0 Å². The van der Waals surface area contributed by atoms with E-state index in [0.717, 1.165) is 12.8 Å². The predicted octanol–water partition coefficient (Wildman–Crippen LogP) is 2.14. The smallest absolute Gasteiger partial charge is 0.253 e. The van der Waals surface area contributed by atoms with E-state index in [1.807, 2.05) is 0 Å². The van der Waals surface area contributed by atoms with Crippen LogP contribution in [0.25, 0.3) is 0 Å². The lowest BCUT2D eigenvalue weighted by Gasteiger charge is -2.47. The maximum atomic E-state index is 12.1. The van der Waals surface area contributed by atoms with Crippen LogP contribution in [0.1, 0.15) is 29.6 Å². The first kappa shape index (κ1) is 14.2. The Morgan fingerprint density at radius 3 is 2.63 bits per heavy atom. The summed E-state index contributed by atoms with van der Waals surface area (Å²) in [5.41, 5.74) is 6.82. The lowest BCUT2D eigenvalue weighted by molar-refractivity contribution is 0.0558. The van der Waals surface area contributed by atoms with Crippen LogP contribution in [0.15, 0.2) is 18.2 Å². The van der Waals surface area contributed by atoms with Crippen LogP contribution in [0.2, 0.25) is 5.02 Å². The Bertz CT molecular complexity index is 484. The Morgan fingerprint density at radius 1 is 1.47 bits per heavy atom. The number of likely N-dealkylation sites (N-methyl/N-ethyl adjacent to an activating group) is 1. The van der Waals surface area contributed by atoms with Gasteiger partial charge in [0.1, 0.15) is 0 Å². The fraction of sp³-hybridized carbons (Fsp3) is 0.500. The third-order valence-corrected chi connectivity index (χ3v) is 4.30. The van der Waals surface area contributed by atoms with Gasteiger partial charge >= 0.3 is 0 Å². The summed E-state index contributed by atoms with van der Waals surface area (Å²) >= 11 is 5.83. The Labute approximate surface area is 118 Å². The standard InChI is InChI=1S/C14H20ClN3O/c1-18(2)14(6-3-7-14)9-17-13(19)11-5-4-10(15)8-12(11)16/h4-5,8H,3,6-7,9,16H2,1-2H3,(H,17,19). The van der Waals surface area contributed by atoms with E-state index in [-0.39, 0.29) is 11.4 Å². The average molecular weight is 282 g/mol. The normalized spacial score (nSPS) is 17.1. The zero-order chi connectivity index (χ0) is 14.0. The number of rotatable bonds is 4. The monoisotopic (exact) mass is 281 g/mol. The summed E-state index contributed by atoms with van der Waals surface area (Å²) < 4.78 is 0. The molecule has 4 nitrogen and oxygen atoms in total. The SMILES string of the molecule is CN(C)C1(CNC(=O)c2ccc(Cl)cc2N)CCC1. The first-order valence-corrected chi connectivity index (χ1v) is 6.83. The predicted molar refractivity (Wildman–Crippen MR) is 78.5 cm³/mol. The third kappa shape index (κ3) is 2.85. The Balaban J connectivity index is 2.01. The summed E-state index contributed by atoms with van der Waals surface area (Å²) in [5, 5.41) is 3.52. The highest BCUT2D eigenvalue weighted by Crippen LogP contribution is 2.35. The first-order valence-electron chi connectivity index (χ1n) is 6.45. The maximum Gasteiger partial charge on any atom is 0.253 e. The van der Waals surface area contributed by atoms with Gasteiger partial charge in [-0.1, -0.05) is 11.6 Å². The second kappa shape index (κ2) is 5.39. The highest BCUT2D eigenvalue weighted by molar-refractivity contribution is 6.31. The molecule has 0 bridgehead atoms. The molecule has 0 radical (unpaired) electrons. The molecule has 0 saturated heterocycles. The van der Waals surface area contributed by atoms with Crippen LogP contribution in [0.5, 0.6) is 0 Å². The van der Waals surface area contributed by atoms with Crippen molar-refractivity contribution < 1.29 is 4.79 Å². The average Bonchev–Trinajstić information content (AvgIpc) is 2.26. The van der Waals surface area contributed by atoms with Crippen LogP contribution >= 0.6 is 11.6 Å². The molecule has 0 spiro atoms. The van der Waals surface area contributed by atoms with Gasteiger partial charge in [0.05, 0.1) is 5.56 Å². The van der Waals surface area contributed by atoms with Gasteiger partial charge in [-0.05, 0) is 51.6 Å². The number of benzene rings is 1. The molecule has 1 saturated carbocycles. The molecule has 0 aromatic heterocycles. The molecule has 1 aliphatic rings. The van der Waals surface area contributed by atoms with Gasteiger partial charge in [0, 0.05) is 22.8 Å². The van der Waals surface area contributed by atoms with Crippen molar-refractivity contribution in [1.29, 1.82) is 0 Å². The minimum absolute atomic E-state index is 0.108. The summed E-state index contributed by atoms with van der Waals surface area (Å²) in [5.74, 6) is -0.137. The summed E-state index contributed by atoms with van der Waals surface area (Å²) in [4.78, 5) is 14.3. The maximum absolute atomic E-state index is 12.1. The van der Waals surface area contributed by atoms with Crippen LogP contribution in [-0.4, -0.2) is 37.0 Å². The second-order valence-corrected chi connectivity index (χ2v) is 5.82. The molecular weight excluding hydrogens is 262 g/mol. The topological polar surface area (TPSA) is 58.4 Å². The summed E-state index contributed by atoms with van der Waals surface area (Å²) in [6.07, 6.45) is 3.46. The van der Waals surface area contributed by atoms with Gasteiger partial charge < -0.3 is 16.0 Å². The van der Waals surface area contributed by atoms with Gasteiger partial charge in [0.15, 0.2) is 0 Å². The van der Waals surface area contributed by atoms with Gasteiger partial charge in [-0.15, -0.1) is 0 Å². The number of carbonyl (C=O) groups is 1. The van der Waals surface area contributed by atoms with E-state index in [1.54, 1.807) is 18.2 Å². The molecule has 1 amide bonds. The van der Waals surface area contributed by atoms with E-state index in [2.05, 4.69) is 24.3 Å². The quantitative estimate of drug-likeness (QED) is 0.832. The number of carbonyl (C=O) groups excluding carboxylic acids is 1. The fourth-order valence-electron chi connectivity index (χ4n) is 2.45. The van der Waals surface area contributed by atoms with Gasteiger partial charge in [0.25, 0.3) is 5.91 Å². The summed E-state index contributed by atoms with van der Waals surface area (Å²) in [6, 6.07) is 4.94. The number of nitrogen functional groups attached to an aromatic ring is 1. The Hall–Kier alpha value is -1.26. The molecule has 0 atom stereocenters. The Morgan fingerprint density at radius 2 is 2.16 bits per heavy atom. The Kier molecular flexibility index (Phi) is 4.02. The van der Waals surface area contributed by atoms with Crippen LogP contribution in [0.4, 0.5) is 5.69 Å². The number of anilines is 1. The van der Waals surface area contributed by atoms with Crippen molar-refractivity contribution in [3.05, 3.63) is 28.8 Å². The van der Waals surface area contributed by atoms with Crippen molar-refractivity contribution in [1.82, 2.24) is 10.2 Å². The number of hydrogen-bond donors (Lipinski definition) is 2. The van der Waals surface area contributed by atoms with Crippen molar-refractivity contribution in [3.63, 3.8) is 0 Å². The molecule has 3 N–H and O–H groups in total. The molecule has 0 heterocycles. The van der Waals surface area contributed by atoms with Crippen molar-refractivity contribution in [2.75, 3.05) is 26.4 Å². The van der Waals surface area contributed by atoms with E-state index in [0.29, 0.717) is 22.8 Å². The molecule has 0 aliphatic heterocycles. The molecule has 0 unspecified atom stereocenters. The molecule has 104 valence electrons. The minimum atomic E-state index is -0.137. The molecule has 1 aliphatic carbocycles. The number of hydrogen-bond acceptors (Lipinski definition) is 3. The number of nitrogens with two attached hydrogens (primary N) is 1.